The number of aromatic nitrogens is 3. The van der Waals surface area contributed by atoms with E-state index in [1.54, 1.807) is 0 Å². The molecule has 0 radical (unpaired) electrons. The average Bonchev–Trinajstić information content (AvgIpc) is 1.55. The van der Waals surface area contributed by atoms with Gasteiger partial charge in [0.2, 0.25) is 0 Å². The van der Waals surface area contributed by atoms with E-state index in [9.17, 15) is 0 Å². The molecule has 0 amide bonds. The van der Waals surface area contributed by atoms with Crippen LogP contribution in [0.25, 0.3) is 130 Å². The molecule has 3 fully saturated rings. The van der Waals surface area contributed by atoms with Gasteiger partial charge in [-0.2, -0.15) is 0 Å². The van der Waals surface area contributed by atoms with Crippen LogP contribution in [-0.2, 0) is 16.2 Å². The smallest absolute Gasteiger partial charge is 0.141 e. The predicted molar refractivity (Wildman–Crippen MR) is 424 cm³/mol. The van der Waals surface area contributed by atoms with E-state index in [2.05, 4.69) is 269 Å². The van der Waals surface area contributed by atoms with E-state index in [-0.39, 0.29) is 32.9 Å². The molecule has 0 saturated heterocycles. The summed E-state index contributed by atoms with van der Waals surface area (Å²) in [6.07, 6.45) is 20.1. The Morgan fingerprint density at radius 3 is 0.990 bits per heavy atom. The summed E-state index contributed by atoms with van der Waals surface area (Å²) in [7, 11) is 0. The fourth-order valence-corrected chi connectivity index (χ4v) is 22.6. The van der Waals surface area contributed by atoms with Crippen molar-refractivity contribution in [3.8, 4) is 33.4 Å². The zero-order chi connectivity index (χ0) is 67.3. The summed E-state index contributed by atoms with van der Waals surface area (Å²) in [4.78, 5) is 23.7. The molecule has 0 N–H and O–H groups in total. The molecule has 0 bridgehead atoms. The third-order valence-corrected chi connectivity index (χ3v) is 28.4. The van der Waals surface area contributed by atoms with Crippen LogP contribution in [0.15, 0.2) is 231 Å². The summed E-state index contributed by atoms with van der Waals surface area (Å²) in [6, 6.07) is 82.7. The maximum absolute atomic E-state index is 5.28. The van der Waals surface area contributed by atoms with Crippen LogP contribution in [0, 0.1) is 0 Å². The molecule has 6 atom stereocenters. The molecule has 6 heteroatoms. The molecule has 22 rings (SSSR count). The van der Waals surface area contributed by atoms with Crippen molar-refractivity contribution in [1.82, 2.24) is 15.0 Å². The van der Waals surface area contributed by atoms with Gasteiger partial charge in [0, 0.05) is 68.1 Å². The van der Waals surface area contributed by atoms with E-state index in [1.807, 2.05) is 18.6 Å². The fourth-order valence-electron chi connectivity index (χ4n) is 22.6. The Hall–Kier alpha value is -10.4. The molecule has 0 spiro atoms. The summed E-state index contributed by atoms with van der Waals surface area (Å²) >= 11 is 0. The van der Waals surface area contributed by atoms with Gasteiger partial charge in [0.25, 0.3) is 0 Å². The maximum Gasteiger partial charge on any atom is 0.141 e. The first-order chi connectivity index (χ1) is 49.3. The van der Waals surface area contributed by atoms with Gasteiger partial charge in [0.15, 0.2) is 0 Å². The minimum absolute atomic E-state index is 0.0500. The van der Waals surface area contributed by atoms with Gasteiger partial charge in [-0.3, -0.25) is 0 Å². The molecular formula is C95H80N6. The number of fused-ring (bicyclic) bond motifs is 18. The number of pyridine rings is 3. The lowest BCUT2D eigenvalue weighted by Crippen LogP contribution is -2.54. The summed E-state index contributed by atoms with van der Waals surface area (Å²) in [6.45, 7) is 15.3. The SMILES string of the molecule is CC12CCCCC1(C)N(c1nccc3ccccc13)c1ccc(-c3ccc4c5cc6c(cc5c5cccc3c54)c3ccc(-c4ccc5c(c4)C4(C)CCCCC4(C)N5c4nccc5ccccc45)c4c(-c5ccc7c(c5)C5(C)CCCCC5(C)N7c5nccc7ccccc57)ccc6c43)cc12. The van der Waals surface area contributed by atoms with E-state index in [4.69, 9.17) is 15.0 Å². The third-order valence-electron chi connectivity index (χ3n) is 28.4. The highest BCUT2D eigenvalue weighted by atomic mass is 15.3. The molecule has 490 valence electrons. The van der Waals surface area contributed by atoms with Crippen LogP contribution >= 0.6 is 0 Å². The largest absolute Gasteiger partial charge is 0.319 e. The number of benzene rings is 11. The summed E-state index contributed by atoms with van der Waals surface area (Å²) in [5.41, 5.74) is 15.2. The first-order valence-electron chi connectivity index (χ1n) is 37.5. The molecule has 3 saturated carbocycles. The molecule has 16 aromatic rings. The van der Waals surface area contributed by atoms with Crippen molar-refractivity contribution in [2.75, 3.05) is 14.7 Å². The van der Waals surface area contributed by atoms with Crippen LogP contribution in [0.4, 0.5) is 34.5 Å². The quantitative estimate of drug-likeness (QED) is 0.165. The number of nitrogens with zero attached hydrogens (tertiary/aromatic N) is 6. The topological polar surface area (TPSA) is 48.4 Å². The molecule has 3 aliphatic heterocycles. The zero-order valence-electron chi connectivity index (χ0n) is 58.6. The van der Waals surface area contributed by atoms with Gasteiger partial charge in [-0.15, -0.1) is 0 Å². The van der Waals surface area contributed by atoms with Gasteiger partial charge in [-0.1, -0.05) is 205 Å². The Bertz CT molecular complexity index is 6020. The van der Waals surface area contributed by atoms with E-state index >= 15 is 0 Å². The summed E-state index contributed by atoms with van der Waals surface area (Å²) in [5, 5.41) is 23.3. The molecule has 6 aliphatic rings. The number of anilines is 6. The van der Waals surface area contributed by atoms with Crippen LogP contribution < -0.4 is 14.7 Å². The minimum atomic E-state index is -0.163. The molecule has 6 heterocycles. The first kappa shape index (κ1) is 58.4. The maximum atomic E-state index is 5.28. The Morgan fingerprint density at radius 2 is 0.584 bits per heavy atom. The molecule has 3 aromatic heterocycles. The van der Waals surface area contributed by atoms with Gasteiger partial charge in [-0.05, 0) is 257 Å². The lowest BCUT2D eigenvalue weighted by atomic mass is 9.61. The van der Waals surface area contributed by atoms with Crippen LogP contribution in [-0.4, -0.2) is 31.6 Å². The second kappa shape index (κ2) is 20.2. The molecule has 6 nitrogen and oxygen atoms in total. The van der Waals surface area contributed by atoms with Crippen LogP contribution in [0.3, 0.4) is 0 Å². The van der Waals surface area contributed by atoms with Crippen molar-refractivity contribution in [3.05, 3.63) is 248 Å². The van der Waals surface area contributed by atoms with Gasteiger partial charge >= 0.3 is 0 Å². The van der Waals surface area contributed by atoms with Crippen LogP contribution in [0.5, 0.6) is 0 Å². The Morgan fingerprint density at radius 1 is 0.257 bits per heavy atom. The van der Waals surface area contributed by atoms with Crippen molar-refractivity contribution in [2.45, 2.75) is 151 Å². The van der Waals surface area contributed by atoms with Crippen LogP contribution in [0.2, 0.25) is 0 Å². The van der Waals surface area contributed by atoms with E-state index in [0.717, 1.165) is 56.0 Å². The van der Waals surface area contributed by atoms with E-state index < -0.39 is 0 Å². The summed E-state index contributed by atoms with van der Waals surface area (Å²) < 4.78 is 0. The lowest BCUT2D eigenvalue weighted by Gasteiger charge is -2.50. The second-order valence-corrected chi connectivity index (χ2v) is 32.6. The van der Waals surface area contributed by atoms with Crippen LogP contribution in [0.1, 0.15) is 135 Å². The standard InChI is InChI=1S/C95H80N6/c1-90-43-13-16-46-93(90,4)99(87-66-23-10-7-20-57(66)40-49-96-87)81-37-28-60(52-78(81)90)63-31-34-71-75-56-77-73-36-33-65(62-30-39-83-80(54-62)92(3)45-15-18-48-95(92,6)101(83)89-68-25-12-9-22-59(68)42-51-98-89)85-64(32-35-72(86(73)85)76(77)55-74(75)70-27-19-26-69(63)84(70)71)61-29-38-82-79(53-61)91(2)44-14-17-47-94(91,5)100(82)88-67-24-11-8-21-58(67)41-50-97-88/h7-12,19-42,49-56H,13-18,43-48H2,1-6H3. The zero-order valence-corrected chi connectivity index (χ0v) is 58.6. The first-order valence-corrected chi connectivity index (χ1v) is 37.5. The highest BCUT2D eigenvalue weighted by Gasteiger charge is 2.61. The Labute approximate surface area is 590 Å². The van der Waals surface area contributed by atoms with Crippen molar-refractivity contribution in [2.24, 2.45) is 0 Å². The second-order valence-electron chi connectivity index (χ2n) is 32.6. The highest BCUT2D eigenvalue weighted by molar-refractivity contribution is 6.39. The van der Waals surface area contributed by atoms with E-state index in [0.29, 0.717) is 0 Å². The Balaban J connectivity index is 0.742. The van der Waals surface area contributed by atoms with Gasteiger partial charge in [0.1, 0.15) is 17.5 Å². The third kappa shape index (κ3) is 7.31. The fraction of sp³-hybridized carbons (Fsp3) is 0.253. The molecule has 6 unspecified atom stereocenters. The monoisotopic (exact) mass is 1300 g/mol. The van der Waals surface area contributed by atoms with Crippen molar-refractivity contribution < 1.29 is 0 Å². The Kier molecular flexibility index (Phi) is 11.7. The van der Waals surface area contributed by atoms with Gasteiger partial charge in [-0.25, -0.2) is 15.0 Å². The average molecular weight is 1310 g/mol. The lowest BCUT2D eigenvalue weighted by molar-refractivity contribution is 0.194. The van der Waals surface area contributed by atoms with E-state index in [1.165, 1.54) is 203 Å². The van der Waals surface area contributed by atoms with Crippen molar-refractivity contribution in [1.29, 1.82) is 0 Å². The number of rotatable bonds is 6. The molecular weight excluding hydrogens is 1230 g/mol. The summed E-state index contributed by atoms with van der Waals surface area (Å²) in [5.74, 6) is 3.21. The predicted octanol–water partition coefficient (Wildman–Crippen LogP) is 25.4. The van der Waals surface area contributed by atoms with Gasteiger partial charge < -0.3 is 14.7 Å². The number of hydrogen-bond acceptors (Lipinski definition) is 6. The molecule has 3 aliphatic carbocycles. The normalized spacial score (nSPS) is 24.6. The number of hydrogen-bond donors (Lipinski definition) is 0. The highest BCUT2D eigenvalue weighted by Crippen LogP contribution is 2.66. The van der Waals surface area contributed by atoms with Crippen molar-refractivity contribution >= 4 is 131 Å². The van der Waals surface area contributed by atoms with Crippen molar-refractivity contribution in [3.63, 3.8) is 0 Å². The molecule has 101 heavy (non-hydrogen) atoms. The minimum Gasteiger partial charge on any atom is -0.319 e. The van der Waals surface area contributed by atoms with Gasteiger partial charge in [0.05, 0.1) is 16.6 Å². The molecule has 13 aromatic carbocycles.